The number of rotatable bonds is 14. The Kier molecular flexibility index (Phi) is 10.6. The molecular weight excluding hydrogens is 388 g/mol. The van der Waals surface area contributed by atoms with Crippen molar-refractivity contribution in [3.8, 4) is 11.5 Å². The minimum Gasteiger partial charge on any atom is -0.491 e. The van der Waals surface area contributed by atoms with E-state index in [1.807, 2.05) is 24.3 Å². The molecule has 0 saturated carbocycles. The summed E-state index contributed by atoms with van der Waals surface area (Å²) in [7, 11) is 0. The van der Waals surface area contributed by atoms with Crippen LogP contribution in [-0.4, -0.2) is 35.6 Å². The van der Waals surface area contributed by atoms with E-state index < -0.39 is 12.2 Å². The number of hydrogen-bond acceptors (Lipinski definition) is 4. The fourth-order valence-electron chi connectivity index (χ4n) is 3.29. The lowest BCUT2D eigenvalue weighted by atomic mass is 10.1. The number of unbranched alkanes of at least 4 members (excludes halogenated alkanes) is 4. The molecule has 5 heteroatoms. The molecule has 0 aliphatic heterocycles. The zero-order valence-corrected chi connectivity index (χ0v) is 18.5. The van der Waals surface area contributed by atoms with Gasteiger partial charge in [0, 0.05) is 5.39 Å². The van der Waals surface area contributed by atoms with Crippen LogP contribution in [0, 0.1) is 0 Å². The third-order valence-corrected chi connectivity index (χ3v) is 5.34. The van der Waals surface area contributed by atoms with Gasteiger partial charge in [0.25, 0.3) is 0 Å². The molecular formula is C24H35ClO4. The van der Waals surface area contributed by atoms with Crippen LogP contribution in [-0.2, 0) is 0 Å². The smallest absolute Gasteiger partial charge is 0.145 e. The molecule has 0 saturated heterocycles. The van der Waals surface area contributed by atoms with Crippen molar-refractivity contribution in [1.29, 1.82) is 0 Å². The Morgan fingerprint density at radius 3 is 2.07 bits per heavy atom. The van der Waals surface area contributed by atoms with Crippen LogP contribution in [0.2, 0.25) is 5.02 Å². The number of halogens is 1. The van der Waals surface area contributed by atoms with Gasteiger partial charge in [-0.05, 0) is 42.5 Å². The van der Waals surface area contributed by atoms with E-state index in [1.54, 1.807) is 6.07 Å². The molecule has 0 aliphatic carbocycles. The molecule has 0 aliphatic rings. The molecule has 29 heavy (non-hydrogen) atoms. The minimum absolute atomic E-state index is 0.227. The Labute approximate surface area is 179 Å². The van der Waals surface area contributed by atoms with E-state index in [0.29, 0.717) is 16.5 Å². The van der Waals surface area contributed by atoms with Gasteiger partial charge in [-0.15, -0.1) is 0 Å². The SMILES string of the molecule is CCCCCC(O)COc1ccc2c(OCC(O)CCCCC)c(Cl)ccc2c1. The third-order valence-electron chi connectivity index (χ3n) is 5.04. The van der Waals surface area contributed by atoms with Gasteiger partial charge in [-0.3, -0.25) is 0 Å². The van der Waals surface area contributed by atoms with Gasteiger partial charge in [-0.25, -0.2) is 0 Å². The number of benzene rings is 2. The van der Waals surface area contributed by atoms with Crippen LogP contribution in [0.25, 0.3) is 10.8 Å². The summed E-state index contributed by atoms with van der Waals surface area (Å²) in [5.74, 6) is 1.30. The number of aliphatic hydroxyl groups excluding tert-OH is 2. The average Bonchev–Trinajstić information content (AvgIpc) is 2.72. The first-order chi connectivity index (χ1) is 14.0. The lowest BCUT2D eigenvalue weighted by Gasteiger charge is -2.16. The molecule has 0 spiro atoms. The van der Waals surface area contributed by atoms with Gasteiger partial charge in [0.1, 0.15) is 24.7 Å². The number of ether oxygens (including phenoxy) is 2. The molecule has 4 nitrogen and oxygen atoms in total. The molecule has 0 radical (unpaired) electrons. The molecule has 2 atom stereocenters. The van der Waals surface area contributed by atoms with Gasteiger partial charge in [0.05, 0.1) is 17.2 Å². The Balaban J connectivity index is 1.98. The first kappa shape index (κ1) is 23.8. The van der Waals surface area contributed by atoms with Gasteiger partial charge in [0.2, 0.25) is 0 Å². The van der Waals surface area contributed by atoms with Crippen molar-refractivity contribution >= 4 is 22.4 Å². The zero-order valence-electron chi connectivity index (χ0n) is 17.7. The highest BCUT2D eigenvalue weighted by atomic mass is 35.5. The second-order valence-electron chi connectivity index (χ2n) is 7.68. The van der Waals surface area contributed by atoms with Crippen molar-refractivity contribution in [2.75, 3.05) is 13.2 Å². The predicted octanol–water partition coefficient (Wildman–Crippen LogP) is 6.13. The molecule has 2 unspecified atom stereocenters. The third kappa shape index (κ3) is 8.04. The van der Waals surface area contributed by atoms with Crippen molar-refractivity contribution < 1.29 is 19.7 Å². The second kappa shape index (κ2) is 12.9. The van der Waals surface area contributed by atoms with E-state index in [4.69, 9.17) is 21.1 Å². The standard InChI is InChI=1S/C24H35ClO4/c1-3-5-7-9-19(26)16-28-21-12-13-22-18(15-21)11-14-23(25)24(22)29-17-20(27)10-8-6-4-2/h11-15,19-20,26-27H,3-10,16-17H2,1-2H3. The van der Waals surface area contributed by atoms with Crippen LogP contribution in [0.1, 0.15) is 65.2 Å². The average molecular weight is 423 g/mol. The van der Waals surface area contributed by atoms with Crippen molar-refractivity contribution in [2.24, 2.45) is 0 Å². The summed E-state index contributed by atoms with van der Waals surface area (Å²) in [6.45, 7) is 4.81. The fourth-order valence-corrected chi connectivity index (χ4v) is 3.51. The van der Waals surface area contributed by atoms with Crippen molar-refractivity contribution in [1.82, 2.24) is 0 Å². The van der Waals surface area contributed by atoms with Crippen LogP contribution < -0.4 is 9.47 Å². The highest BCUT2D eigenvalue weighted by Crippen LogP contribution is 2.35. The van der Waals surface area contributed by atoms with E-state index in [1.165, 1.54) is 0 Å². The van der Waals surface area contributed by atoms with Gasteiger partial charge < -0.3 is 19.7 Å². The van der Waals surface area contributed by atoms with E-state index in [-0.39, 0.29) is 13.2 Å². The van der Waals surface area contributed by atoms with Crippen molar-refractivity contribution in [2.45, 2.75) is 77.4 Å². The Hall–Kier alpha value is -1.49. The summed E-state index contributed by atoms with van der Waals surface area (Å²) < 4.78 is 11.6. The van der Waals surface area contributed by atoms with Gasteiger partial charge in [0.15, 0.2) is 0 Å². The number of fused-ring (bicyclic) bond motifs is 1. The summed E-state index contributed by atoms with van der Waals surface area (Å²) in [5, 5.41) is 22.5. The fraction of sp³-hybridized carbons (Fsp3) is 0.583. The normalized spacial score (nSPS) is 13.4. The first-order valence-electron chi connectivity index (χ1n) is 10.9. The van der Waals surface area contributed by atoms with Crippen LogP contribution in [0.15, 0.2) is 30.3 Å². The molecule has 0 aromatic heterocycles. The Bertz CT molecular complexity index is 734. The molecule has 2 rings (SSSR count). The summed E-state index contributed by atoms with van der Waals surface area (Å²) in [5.41, 5.74) is 0. The van der Waals surface area contributed by atoms with Gasteiger partial charge in [-0.1, -0.05) is 70.0 Å². The van der Waals surface area contributed by atoms with Gasteiger partial charge >= 0.3 is 0 Å². The van der Waals surface area contributed by atoms with Crippen LogP contribution in [0.5, 0.6) is 11.5 Å². The predicted molar refractivity (Wildman–Crippen MR) is 120 cm³/mol. The summed E-state index contributed by atoms with van der Waals surface area (Å²) in [4.78, 5) is 0. The molecule has 0 amide bonds. The van der Waals surface area contributed by atoms with Crippen molar-refractivity contribution in [3.63, 3.8) is 0 Å². The highest BCUT2D eigenvalue weighted by Gasteiger charge is 2.12. The molecule has 0 heterocycles. The topological polar surface area (TPSA) is 58.9 Å². The summed E-state index contributed by atoms with van der Waals surface area (Å²) in [6.07, 6.45) is 7.07. The molecule has 2 aromatic carbocycles. The molecule has 0 bridgehead atoms. The van der Waals surface area contributed by atoms with Crippen molar-refractivity contribution in [3.05, 3.63) is 35.4 Å². The number of aliphatic hydroxyl groups is 2. The molecule has 2 N–H and O–H groups in total. The lowest BCUT2D eigenvalue weighted by Crippen LogP contribution is -2.17. The van der Waals surface area contributed by atoms with E-state index in [9.17, 15) is 10.2 Å². The summed E-state index contributed by atoms with van der Waals surface area (Å²) in [6, 6.07) is 9.43. The minimum atomic E-state index is -0.496. The Morgan fingerprint density at radius 2 is 1.45 bits per heavy atom. The largest absolute Gasteiger partial charge is 0.491 e. The maximum atomic E-state index is 10.1. The van der Waals surface area contributed by atoms with Crippen LogP contribution >= 0.6 is 11.6 Å². The number of hydrogen-bond donors (Lipinski definition) is 2. The highest BCUT2D eigenvalue weighted by molar-refractivity contribution is 6.33. The molecule has 162 valence electrons. The maximum Gasteiger partial charge on any atom is 0.145 e. The van der Waals surface area contributed by atoms with Gasteiger partial charge in [-0.2, -0.15) is 0 Å². The lowest BCUT2D eigenvalue weighted by molar-refractivity contribution is 0.0976. The second-order valence-corrected chi connectivity index (χ2v) is 8.09. The molecule has 0 fully saturated rings. The Morgan fingerprint density at radius 1 is 0.828 bits per heavy atom. The quantitative estimate of drug-likeness (QED) is 0.359. The first-order valence-corrected chi connectivity index (χ1v) is 11.3. The zero-order chi connectivity index (χ0) is 21.1. The van der Waals surface area contributed by atoms with E-state index in [0.717, 1.165) is 62.1 Å². The monoisotopic (exact) mass is 422 g/mol. The maximum absolute atomic E-state index is 10.1. The van der Waals surface area contributed by atoms with Crippen LogP contribution in [0.4, 0.5) is 0 Å². The van der Waals surface area contributed by atoms with Crippen LogP contribution in [0.3, 0.4) is 0 Å². The summed E-state index contributed by atoms with van der Waals surface area (Å²) >= 11 is 6.35. The van der Waals surface area contributed by atoms with E-state index in [2.05, 4.69) is 13.8 Å². The van der Waals surface area contributed by atoms with E-state index >= 15 is 0 Å². The molecule has 2 aromatic rings.